The normalized spacial score (nSPS) is 15.3. The van der Waals surface area contributed by atoms with Crippen LogP contribution in [0, 0.1) is 16.7 Å². The Bertz CT molecular complexity index is 1170. The molecule has 0 radical (unpaired) electrons. The van der Waals surface area contributed by atoms with Crippen LogP contribution in [0.2, 0.25) is 5.02 Å². The van der Waals surface area contributed by atoms with E-state index in [-0.39, 0.29) is 11.3 Å². The molecule has 0 fully saturated rings. The largest absolute Gasteiger partial charge is 0.310 e. The maximum atomic E-state index is 12.8. The molecule has 4 rings (SSSR count). The number of nitriles is 1. The summed E-state index contributed by atoms with van der Waals surface area (Å²) < 4.78 is 2.02. The second-order valence-electron chi connectivity index (χ2n) is 8.50. The summed E-state index contributed by atoms with van der Waals surface area (Å²) in [5, 5.41) is 17.0. The Balaban J connectivity index is 1.59. The van der Waals surface area contributed by atoms with Crippen LogP contribution in [-0.4, -0.2) is 20.7 Å². The van der Waals surface area contributed by atoms with Gasteiger partial charge in [-0.25, -0.2) is 4.98 Å². The quantitative estimate of drug-likeness (QED) is 0.658. The second-order valence-corrected chi connectivity index (χ2v) is 8.91. The third-order valence-corrected chi connectivity index (χ3v) is 5.78. The highest BCUT2D eigenvalue weighted by Crippen LogP contribution is 2.39. The first-order valence-electron chi connectivity index (χ1n) is 9.79. The summed E-state index contributed by atoms with van der Waals surface area (Å²) in [5.41, 5.74) is 4.38. The fourth-order valence-corrected chi connectivity index (χ4v) is 4.06. The topological polar surface area (TPSA) is 83.6 Å². The van der Waals surface area contributed by atoms with Crippen LogP contribution in [0.5, 0.6) is 0 Å². The number of halogens is 1. The van der Waals surface area contributed by atoms with Crippen molar-refractivity contribution < 1.29 is 4.79 Å². The molecular formula is C23H22ClN5O. The Labute approximate surface area is 180 Å². The van der Waals surface area contributed by atoms with E-state index >= 15 is 0 Å². The lowest BCUT2D eigenvalue weighted by molar-refractivity contribution is -0.117. The number of fused-ring (bicyclic) bond motifs is 1. The number of carbonyl (C=O) groups is 1. The molecule has 1 aliphatic heterocycles. The highest BCUT2D eigenvalue weighted by atomic mass is 35.5. The summed E-state index contributed by atoms with van der Waals surface area (Å²) in [6.07, 6.45) is 4.29. The van der Waals surface area contributed by atoms with E-state index in [1.54, 1.807) is 37.4 Å². The highest BCUT2D eigenvalue weighted by molar-refractivity contribution is 6.33. The van der Waals surface area contributed by atoms with Crippen LogP contribution < -0.4 is 5.32 Å². The maximum Gasteiger partial charge on any atom is 0.232 e. The van der Waals surface area contributed by atoms with Crippen molar-refractivity contribution in [2.75, 3.05) is 5.32 Å². The minimum absolute atomic E-state index is 0.155. The Morgan fingerprint density at radius 3 is 2.87 bits per heavy atom. The zero-order valence-corrected chi connectivity index (χ0v) is 17.9. The summed E-state index contributed by atoms with van der Waals surface area (Å²) in [7, 11) is 0. The van der Waals surface area contributed by atoms with Gasteiger partial charge in [-0.15, -0.1) is 0 Å². The molecule has 2 aromatic heterocycles. The monoisotopic (exact) mass is 419 g/mol. The number of pyridine rings is 1. The molecule has 0 saturated carbocycles. The summed E-state index contributed by atoms with van der Waals surface area (Å²) in [6, 6.07) is 10.9. The van der Waals surface area contributed by atoms with Crippen LogP contribution in [0.1, 0.15) is 43.5 Å². The average molecular weight is 420 g/mol. The minimum Gasteiger partial charge on any atom is -0.310 e. The van der Waals surface area contributed by atoms with Gasteiger partial charge in [-0.3, -0.25) is 9.48 Å². The van der Waals surface area contributed by atoms with Crippen molar-refractivity contribution in [2.24, 2.45) is 5.41 Å². The summed E-state index contributed by atoms with van der Waals surface area (Å²) in [5.74, 6) is -0.201. The van der Waals surface area contributed by atoms with Gasteiger partial charge in [-0.1, -0.05) is 37.6 Å². The van der Waals surface area contributed by atoms with E-state index in [0.717, 1.165) is 35.3 Å². The molecule has 1 atom stereocenters. The number of hydrogen-bond acceptors (Lipinski definition) is 4. The molecule has 1 aliphatic rings. The third kappa shape index (κ3) is 3.81. The summed E-state index contributed by atoms with van der Waals surface area (Å²) in [4.78, 5) is 17.1. The third-order valence-electron chi connectivity index (χ3n) is 5.48. The number of nitrogens with one attached hydrogen (secondary N) is 1. The molecule has 7 heteroatoms. The number of carbonyl (C=O) groups excluding carboxylic acids is 1. The average Bonchev–Trinajstić information content (AvgIpc) is 3.23. The van der Waals surface area contributed by atoms with Crippen molar-refractivity contribution in [3.63, 3.8) is 0 Å². The number of hydrogen-bond donors (Lipinski definition) is 1. The van der Waals surface area contributed by atoms with Crippen LogP contribution in [0.15, 0.2) is 42.7 Å². The van der Waals surface area contributed by atoms with Gasteiger partial charge in [0.05, 0.1) is 28.8 Å². The fourth-order valence-electron chi connectivity index (χ4n) is 3.85. The molecule has 0 spiro atoms. The molecule has 0 aliphatic carbocycles. The van der Waals surface area contributed by atoms with Gasteiger partial charge in [0.1, 0.15) is 5.82 Å². The smallest absolute Gasteiger partial charge is 0.232 e. The van der Waals surface area contributed by atoms with Crippen LogP contribution in [0.3, 0.4) is 0 Å². The fraction of sp³-hybridized carbons (Fsp3) is 0.304. The van der Waals surface area contributed by atoms with Crippen molar-refractivity contribution >= 4 is 23.3 Å². The molecule has 1 unspecified atom stereocenters. The highest BCUT2D eigenvalue weighted by Gasteiger charge is 2.32. The van der Waals surface area contributed by atoms with E-state index in [1.807, 2.05) is 16.9 Å². The molecule has 1 aromatic carbocycles. The molecule has 3 heterocycles. The van der Waals surface area contributed by atoms with Gasteiger partial charge in [0, 0.05) is 29.6 Å². The number of nitrogens with zero attached hydrogens (tertiary/aromatic N) is 4. The Hall–Kier alpha value is -3.17. The van der Waals surface area contributed by atoms with Gasteiger partial charge >= 0.3 is 0 Å². The van der Waals surface area contributed by atoms with Gasteiger partial charge in [-0.2, -0.15) is 10.4 Å². The Morgan fingerprint density at radius 1 is 1.30 bits per heavy atom. The van der Waals surface area contributed by atoms with Crippen LogP contribution >= 0.6 is 11.6 Å². The lowest BCUT2D eigenvalue weighted by Gasteiger charge is -2.15. The van der Waals surface area contributed by atoms with Crippen LogP contribution in [-0.2, 0) is 17.8 Å². The first kappa shape index (κ1) is 20.1. The van der Waals surface area contributed by atoms with Crippen LogP contribution in [0.4, 0.5) is 5.82 Å². The van der Waals surface area contributed by atoms with E-state index in [9.17, 15) is 4.79 Å². The minimum atomic E-state index is -0.430. The molecule has 1 amide bonds. The number of rotatable bonds is 4. The van der Waals surface area contributed by atoms with Crippen LogP contribution in [0.25, 0.3) is 11.1 Å². The standard InChI is InChI=1S/C23H22ClN5O/c1-14(16-6-4-5-15(7-16)10-25)22(30)28-21-8-17(19(24)12-26-21)18-11-27-29-13-23(2,3)9-20(18)29/h4-8,11-12,14H,9,13H2,1-3H3,(H,26,28,30). The molecule has 6 nitrogen and oxygen atoms in total. The Kier molecular flexibility index (Phi) is 5.08. The van der Waals surface area contributed by atoms with E-state index in [2.05, 4.69) is 35.3 Å². The maximum absolute atomic E-state index is 12.8. The number of aromatic nitrogens is 3. The Morgan fingerprint density at radius 2 is 2.10 bits per heavy atom. The van der Waals surface area contributed by atoms with Crippen molar-refractivity contribution in [1.82, 2.24) is 14.8 Å². The van der Waals surface area contributed by atoms with Crippen molar-refractivity contribution in [3.05, 3.63) is 64.6 Å². The van der Waals surface area contributed by atoms with Gasteiger partial charge < -0.3 is 5.32 Å². The predicted octanol–water partition coefficient (Wildman–Crippen LogP) is 4.79. The van der Waals surface area contributed by atoms with Gasteiger partial charge in [0.25, 0.3) is 0 Å². The zero-order valence-electron chi connectivity index (χ0n) is 17.1. The van der Waals surface area contributed by atoms with Gasteiger partial charge in [0.15, 0.2) is 0 Å². The first-order chi connectivity index (χ1) is 14.3. The van der Waals surface area contributed by atoms with E-state index < -0.39 is 5.92 Å². The van der Waals surface area contributed by atoms with E-state index in [4.69, 9.17) is 16.9 Å². The molecule has 0 saturated heterocycles. The summed E-state index contributed by atoms with van der Waals surface area (Å²) in [6.45, 7) is 7.10. The molecule has 30 heavy (non-hydrogen) atoms. The predicted molar refractivity (Wildman–Crippen MR) is 116 cm³/mol. The lowest BCUT2D eigenvalue weighted by atomic mass is 9.89. The molecule has 3 aromatic rings. The SMILES string of the molecule is CC(C(=O)Nc1cc(-c2cnn3c2CC(C)(C)C3)c(Cl)cn1)c1cccc(C#N)c1. The number of anilines is 1. The van der Waals surface area contributed by atoms with Gasteiger partial charge in [-0.05, 0) is 42.5 Å². The number of benzene rings is 1. The molecular weight excluding hydrogens is 398 g/mol. The van der Waals surface area contributed by atoms with Crippen molar-refractivity contribution in [2.45, 2.75) is 39.7 Å². The summed E-state index contributed by atoms with van der Waals surface area (Å²) >= 11 is 6.45. The molecule has 152 valence electrons. The van der Waals surface area contributed by atoms with Gasteiger partial charge in [0.2, 0.25) is 5.91 Å². The van der Waals surface area contributed by atoms with E-state index in [1.165, 1.54) is 0 Å². The zero-order chi connectivity index (χ0) is 21.5. The molecule has 1 N–H and O–H groups in total. The van der Waals surface area contributed by atoms with Crippen molar-refractivity contribution in [3.8, 4) is 17.2 Å². The molecule has 0 bridgehead atoms. The van der Waals surface area contributed by atoms with E-state index in [0.29, 0.717) is 16.4 Å². The van der Waals surface area contributed by atoms with Crippen molar-refractivity contribution in [1.29, 1.82) is 5.26 Å². The lowest BCUT2D eigenvalue weighted by Crippen LogP contribution is -2.19. The number of amides is 1. The first-order valence-corrected chi connectivity index (χ1v) is 10.2. The second kappa shape index (κ2) is 7.58.